The summed E-state index contributed by atoms with van der Waals surface area (Å²) in [6, 6.07) is 36.6. The van der Waals surface area contributed by atoms with Gasteiger partial charge in [0.25, 0.3) is 0 Å². The van der Waals surface area contributed by atoms with Crippen LogP contribution in [0.2, 0.25) is 0 Å². The fourth-order valence-corrected chi connectivity index (χ4v) is 7.97. The predicted molar refractivity (Wildman–Crippen MR) is 263 cm³/mol. The van der Waals surface area contributed by atoms with Crippen molar-refractivity contribution in [1.82, 2.24) is 14.5 Å². The molecule has 0 unspecified atom stereocenters. The molecular formula is C58H61N3O. The number of aromatic hydroxyl groups is 1. The van der Waals surface area contributed by atoms with Gasteiger partial charge < -0.3 is 5.11 Å². The van der Waals surface area contributed by atoms with Crippen LogP contribution in [0.4, 0.5) is 0 Å². The average Bonchev–Trinajstić information content (AvgIpc) is 3.65. The monoisotopic (exact) mass is 821 g/mol. The number of pyridine rings is 1. The third kappa shape index (κ3) is 8.23. The van der Waals surface area contributed by atoms with E-state index in [1.165, 1.54) is 0 Å². The zero-order chi connectivity index (χ0) is 48.7. The van der Waals surface area contributed by atoms with Gasteiger partial charge in [0.05, 0.1) is 33.5 Å². The molecule has 0 fully saturated rings. The molecule has 6 aromatic carbocycles. The van der Waals surface area contributed by atoms with Gasteiger partial charge in [-0.2, -0.15) is 0 Å². The maximum absolute atomic E-state index is 12.0. The first-order chi connectivity index (χ1) is 31.3. The second-order valence-corrected chi connectivity index (χ2v) is 20.0. The molecule has 0 atom stereocenters. The SMILES string of the molecule is [2H]c1c([2H])c(C(C)(C)C)c([2H])c([2H])c1-c1ccnc(-c2cc(-c3cccc4c3nc(-c3cc(C(C)(C)C)cc(C)c3O)n4-c3ccc(C([2H])(C)C)cc3-c3ccccc3)cc(C(C)(C)C)c2)c1. The molecule has 8 rings (SSSR count). The molecule has 4 nitrogen and oxygen atoms in total. The van der Waals surface area contributed by atoms with E-state index >= 15 is 0 Å². The summed E-state index contributed by atoms with van der Waals surface area (Å²) in [6.45, 7) is 24.5. The van der Waals surface area contributed by atoms with Crippen LogP contribution in [0, 0.1) is 6.92 Å². The number of phenols is 1. The Morgan fingerprint density at radius 1 is 0.581 bits per heavy atom. The van der Waals surface area contributed by atoms with Crippen LogP contribution in [0.5, 0.6) is 5.75 Å². The molecule has 0 radical (unpaired) electrons. The smallest absolute Gasteiger partial charge is 0.149 e. The predicted octanol–water partition coefficient (Wildman–Crippen LogP) is 15.8. The van der Waals surface area contributed by atoms with Gasteiger partial charge in [0.15, 0.2) is 0 Å². The normalized spacial score (nSPS) is 13.7. The minimum atomic E-state index is -0.853. The van der Waals surface area contributed by atoms with Gasteiger partial charge in [0, 0.05) is 24.3 Å². The van der Waals surface area contributed by atoms with E-state index in [-0.39, 0.29) is 46.3 Å². The fraction of sp³-hybridized carbons (Fsp3) is 0.276. The molecule has 2 aromatic heterocycles. The van der Waals surface area contributed by atoms with Crippen molar-refractivity contribution in [2.45, 2.75) is 105 Å². The lowest BCUT2D eigenvalue weighted by Gasteiger charge is -2.22. The number of phenolic OH excluding ortho intramolecular Hbond substituents is 1. The van der Waals surface area contributed by atoms with E-state index in [0.29, 0.717) is 28.2 Å². The minimum absolute atomic E-state index is 0.0357. The van der Waals surface area contributed by atoms with Crippen molar-refractivity contribution in [2.24, 2.45) is 0 Å². The van der Waals surface area contributed by atoms with Crippen LogP contribution in [0.3, 0.4) is 0 Å². The lowest BCUT2D eigenvalue weighted by molar-refractivity contribution is 0.471. The van der Waals surface area contributed by atoms with Crippen molar-refractivity contribution in [1.29, 1.82) is 0 Å². The van der Waals surface area contributed by atoms with Gasteiger partial charge in [-0.05, 0) is 128 Å². The Balaban J connectivity index is 1.42. The van der Waals surface area contributed by atoms with Crippen molar-refractivity contribution in [3.05, 3.63) is 167 Å². The molecular weight excluding hydrogens is 755 g/mol. The third-order valence-corrected chi connectivity index (χ3v) is 11.8. The number of aromatic nitrogens is 3. The third-order valence-electron chi connectivity index (χ3n) is 11.8. The van der Waals surface area contributed by atoms with Gasteiger partial charge >= 0.3 is 0 Å². The molecule has 0 saturated heterocycles. The van der Waals surface area contributed by atoms with Crippen LogP contribution in [0.15, 0.2) is 140 Å². The Labute approximate surface area is 376 Å². The van der Waals surface area contributed by atoms with Gasteiger partial charge in [-0.25, -0.2) is 4.98 Å². The van der Waals surface area contributed by atoms with Gasteiger partial charge in [-0.1, -0.05) is 161 Å². The first-order valence-electron chi connectivity index (χ1n) is 24.1. The van der Waals surface area contributed by atoms with Crippen LogP contribution in [0.25, 0.3) is 72.7 Å². The first-order valence-corrected chi connectivity index (χ1v) is 21.6. The Kier molecular flexibility index (Phi) is 9.33. The van der Waals surface area contributed by atoms with Gasteiger partial charge in [0.1, 0.15) is 11.6 Å². The van der Waals surface area contributed by atoms with E-state index in [2.05, 4.69) is 113 Å². The standard InChI is InChI=1S/C58H61N3O/c1-36(2)40-23-26-51(48(33-40)39-17-14-13-15-18-39)61-52-20-16-19-47(53(52)60-55(61)49-35-45(57(7,8)9)29-37(3)54(49)62)42-30-43(32-46(31-42)58(10,11)12)50-34-41(27-28-59-50)38-21-24-44(25-22-38)56(4,5)6/h13-36,62H,1-12H3/i21D,22D,24D,25D,36D. The van der Waals surface area contributed by atoms with E-state index in [1.807, 2.05) is 77.9 Å². The van der Waals surface area contributed by atoms with E-state index in [0.717, 1.165) is 66.8 Å². The number of benzene rings is 6. The van der Waals surface area contributed by atoms with Crippen molar-refractivity contribution in [3.63, 3.8) is 0 Å². The van der Waals surface area contributed by atoms with Crippen molar-refractivity contribution in [3.8, 4) is 67.5 Å². The molecule has 0 amide bonds. The van der Waals surface area contributed by atoms with Crippen molar-refractivity contribution >= 4 is 11.0 Å². The zero-order valence-corrected chi connectivity index (χ0v) is 38.3. The summed E-state index contributed by atoms with van der Waals surface area (Å²) < 4.78 is 47.2. The number of hydrogen-bond acceptors (Lipinski definition) is 3. The molecule has 0 aliphatic heterocycles. The molecule has 0 bridgehead atoms. The number of rotatable bonds is 7. The quantitative estimate of drug-likeness (QED) is 0.174. The van der Waals surface area contributed by atoms with Gasteiger partial charge in [-0.15, -0.1) is 0 Å². The van der Waals surface area contributed by atoms with Gasteiger partial charge in [-0.3, -0.25) is 9.55 Å². The number of hydrogen-bond donors (Lipinski definition) is 1. The summed E-state index contributed by atoms with van der Waals surface area (Å²) >= 11 is 0. The van der Waals surface area contributed by atoms with Crippen molar-refractivity contribution < 1.29 is 12.0 Å². The highest BCUT2D eigenvalue weighted by Gasteiger charge is 2.26. The number of para-hydroxylation sites is 1. The highest BCUT2D eigenvalue weighted by molar-refractivity contribution is 5.98. The van der Waals surface area contributed by atoms with Crippen LogP contribution in [0.1, 0.15) is 117 Å². The molecule has 1 N–H and O–H groups in total. The lowest BCUT2D eigenvalue weighted by Crippen LogP contribution is -2.12. The number of fused-ring (bicyclic) bond motifs is 1. The van der Waals surface area contributed by atoms with E-state index in [4.69, 9.17) is 16.8 Å². The maximum atomic E-state index is 12.0. The largest absolute Gasteiger partial charge is 0.507 e. The second-order valence-electron chi connectivity index (χ2n) is 20.0. The van der Waals surface area contributed by atoms with Crippen LogP contribution in [-0.4, -0.2) is 19.6 Å². The number of nitrogens with zero attached hydrogens (tertiary/aromatic N) is 3. The zero-order valence-electron chi connectivity index (χ0n) is 43.3. The summed E-state index contributed by atoms with van der Waals surface area (Å²) in [5, 5.41) is 12.0. The topological polar surface area (TPSA) is 50.9 Å². The summed E-state index contributed by atoms with van der Waals surface area (Å²) in [6.07, 6.45) is 1.67. The van der Waals surface area contributed by atoms with E-state index in [9.17, 15) is 5.11 Å². The highest BCUT2D eigenvalue weighted by atomic mass is 16.3. The van der Waals surface area contributed by atoms with Crippen LogP contribution < -0.4 is 0 Å². The molecule has 8 aromatic rings. The lowest BCUT2D eigenvalue weighted by atomic mass is 9.83. The van der Waals surface area contributed by atoms with Crippen molar-refractivity contribution in [2.75, 3.05) is 0 Å². The second kappa shape index (κ2) is 15.9. The Morgan fingerprint density at radius 2 is 1.24 bits per heavy atom. The van der Waals surface area contributed by atoms with Gasteiger partial charge in [0.2, 0.25) is 0 Å². The van der Waals surface area contributed by atoms with Crippen LogP contribution in [-0.2, 0) is 16.2 Å². The summed E-state index contributed by atoms with van der Waals surface area (Å²) in [5.41, 5.74) is 12.1. The molecule has 62 heavy (non-hydrogen) atoms. The average molecular weight is 821 g/mol. The number of imidazole rings is 1. The summed E-state index contributed by atoms with van der Waals surface area (Å²) in [7, 11) is 0. The summed E-state index contributed by atoms with van der Waals surface area (Å²) in [4.78, 5) is 10.4. The molecule has 0 saturated carbocycles. The highest BCUT2D eigenvalue weighted by Crippen LogP contribution is 2.44. The Bertz CT molecular complexity index is 3200. The van der Waals surface area contributed by atoms with E-state index < -0.39 is 11.3 Å². The molecule has 2 heterocycles. The van der Waals surface area contributed by atoms with E-state index in [1.54, 1.807) is 12.3 Å². The Morgan fingerprint density at radius 3 is 1.90 bits per heavy atom. The molecule has 4 heteroatoms. The fourth-order valence-electron chi connectivity index (χ4n) is 7.97. The maximum Gasteiger partial charge on any atom is 0.149 e. The Hall–Kier alpha value is -6.26. The molecule has 0 spiro atoms. The van der Waals surface area contributed by atoms with Crippen LogP contribution >= 0.6 is 0 Å². The molecule has 0 aliphatic rings. The molecule has 0 aliphatic carbocycles. The first kappa shape index (κ1) is 36.4. The number of aryl methyl sites for hydroxylation is 1. The summed E-state index contributed by atoms with van der Waals surface area (Å²) in [5.74, 6) is -0.105. The minimum Gasteiger partial charge on any atom is -0.507 e. The molecule has 314 valence electrons.